The first-order valence-corrected chi connectivity index (χ1v) is 7.08. The molecule has 0 saturated heterocycles. The van der Waals surface area contributed by atoms with Gasteiger partial charge < -0.3 is 10.8 Å². The number of aromatic nitrogens is 3. The van der Waals surface area contributed by atoms with E-state index < -0.39 is 11.9 Å². The predicted octanol–water partition coefficient (Wildman–Crippen LogP) is 2.29. The summed E-state index contributed by atoms with van der Waals surface area (Å²) in [4.78, 5) is 32.1. The van der Waals surface area contributed by atoms with Crippen LogP contribution in [0.15, 0.2) is 12.3 Å². The van der Waals surface area contributed by atoms with Crippen molar-refractivity contribution in [2.24, 2.45) is 5.73 Å². The van der Waals surface area contributed by atoms with E-state index in [4.69, 9.17) is 34.0 Å². The summed E-state index contributed by atoms with van der Waals surface area (Å²) in [7, 11) is 0. The van der Waals surface area contributed by atoms with Crippen LogP contribution in [0.5, 0.6) is 0 Å². The highest BCUT2D eigenvalue weighted by Crippen LogP contribution is 2.12. The first kappa shape index (κ1) is 17.3. The van der Waals surface area contributed by atoms with Gasteiger partial charge in [0.25, 0.3) is 5.91 Å². The van der Waals surface area contributed by atoms with E-state index in [1.807, 2.05) is 6.92 Å². The average molecular weight is 349 g/mol. The van der Waals surface area contributed by atoms with Crippen molar-refractivity contribution < 1.29 is 14.7 Å². The van der Waals surface area contributed by atoms with Crippen LogP contribution in [0.1, 0.15) is 32.1 Å². The van der Waals surface area contributed by atoms with Crippen molar-refractivity contribution in [3.8, 4) is 0 Å². The predicted molar refractivity (Wildman–Crippen MR) is 79.0 cm³/mol. The molecule has 1 amide bonds. The number of rotatable bonds is 3. The molecule has 10 heteroatoms. The maximum absolute atomic E-state index is 10.5. The topological polar surface area (TPSA) is 119 Å². The Kier molecular flexibility index (Phi) is 6.47. The van der Waals surface area contributed by atoms with Gasteiger partial charge in [-0.3, -0.25) is 4.79 Å². The third-order valence-electron chi connectivity index (χ3n) is 1.99. The van der Waals surface area contributed by atoms with Gasteiger partial charge in [-0.25, -0.2) is 19.7 Å². The summed E-state index contributed by atoms with van der Waals surface area (Å²) in [6.07, 6.45) is 2.20. The Bertz CT molecular complexity index is 642. The SMILES string of the molecule is CCc1ncc(C(=O)O)s1.NC(=O)c1cc(Cl)nc(Cl)n1. The number of amides is 1. The minimum absolute atomic E-state index is 0.00926. The van der Waals surface area contributed by atoms with Gasteiger partial charge in [0.15, 0.2) is 0 Å². The van der Waals surface area contributed by atoms with E-state index in [1.54, 1.807) is 0 Å². The molecule has 0 spiro atoms. The number of hydrogen-bond acceptors (Lipinski definition) is 6. The summed E-state index contributed by atoms with van der Waals surface area (Å²) in [6, 6.07) is 1.25. The molecule has 2 aromatic heterocycles. The van der Waals surface area contributed by atoms with E-state index >= 15 is 0 Å². The zero-order valence-electron chi connectivity index (χ0n) is 10.7. The molecule has 0 aromatic carbocycles. The Morgan fingerprint density at radius 1 is 1.38 bits per heavy atom. The molecule has 2 aromatic rings. The smallest absolute Gasteiger partial charge is 0.347 e. The molecule has 0 radical (unpaired) electrons. The summed E-state index contributed by atoms with van der Waals surface area (Å²) < 4.78 is 0. The molecule has 2 heterocycles. The van der Waals surface area contributed by atoms with Crippen molar-refractivity contribution >= 4 is 46.4 Å². The fourth-order valence-corrected chi connectivity index (χ4v) is 2.19. The molecule has 7 nitrogen and oxygen atoms in total. The lowest BCUT2D eigenvalue weighted by Gasteiger charge is -1.94. The van der Waals surface area contributed by atoms with Gasteiger partial charge in [0.05, 0.1) is 11.2 Å². The van der Waals surface area contributed by atoms with Crippen molar-refractivity contribution in [2.75, 3.05) is 0 Å². The van der Waals surface area contributed by atoms with E-state index in [0.29, 0.717) is 4.88 Å². The third-order valence-corrected chi connectivity index (χ3v) is 3.48. The van der Waals surface area contributed by atoms with Crippen molar-refractivity contribution in [1.82, 2.24) is 15.0 Å². The van der Waals surface area contributed by atoms with Gasteiger partial charge in [0.2, 0.25) is 5.28 Å². The number of nitrogens with two attached hydrogens (primary N) is 1. The number of carbonyl (C=O) groups is 2. The average Bonchev–Trinajstić information content (AvgIpc) is 2.87. The van der Waals surface area contributed by atoms with E-state index in [1.165, 1.54) is 23.6 Å². The zero-order chi connectivity index (χ0) is 16.0. The maximum atomic E-state index is 10.5. The van der Waals surface area contributed by atoms with Gasteiger partial charge >= 0.3 is 5.97 Å². The van der Waals surface area contributed by atoms with Crippen LogP contribution in [0.2, 0.25) is 10.4 Å². The second-order valence-electron chi connectivity index (χ2n) is 3.49. The molecule has 0 atom stereocenters. The Morgan fingerprint density at radius 3 is 2.43 bits per heavy atom. The number of carboxylic acids is 1. The first-order chi connectivity index (χ1) is 9.83. The standard InChI is InChI=1S/C6H7NO2S.C5H3Cl2N3O/c1-2-5-7-3-4(10-5)6(8)9;6-3-1-2(4(8)11)9-5(7)10-3/h3H,2H2,1H3,(H,8,9);1H,(H2,8,11). The number of halogens is 2. The summed E-state index contributed by atoms with van der Waals surface area (Å²) in [6.45, 7) is 1.95. The molecule has 2 rings (SSSR count). The number of carboxylic acid groups (broad SMARTS) is 1. The molecule has 3 N–H and O–H groups in total. The van der Waals surface area contributed by atoms with Crippen LogP contribution in [0.25, 0.3) is 0 Å². The number of nitrogens with zero attached hydrogens (tertiary/aromatic N) is 3. The normalized spacial score (nSPS) is 9.67. The molecule has 0 fully saturated rings. The maximum Gasteiger partial charge on any atom is 0.347 e. The molecular formula is C11H10Cl2N4O3S. The van der Waals surface area contributed by atoms with Crippen molar-refractivity contribution in [3.63, 3.8) is 0 Å². The van der Waals surface area contributed by atoms with Gasteiger partial charge in [0.1, 0.15) is 15.7 Å². The molecule has 0 bridgehead atoms. The van der Waals surface area contributed by atoms with E-state index in [9.17, 15) is 9.59 Å². The minimum Gasteiger partial charge on any atom is -0.477 e. The Morgan fingerprint density at radius 2 is 2.05 bits per heavy atom. The Balaban J connectivity index is 0.000000211. The quantitative estimate of drug-likeness (QED) is 0.648. The minimum atomic E-state index is -0.891. The van der Waals surface area contributed by atoms with Crippen LogP contribution in [0.4, 0.5) is 0 Å². The third kappa shape index (κ3) is 5.62. The number of hydrogen-bond donors (Lipinski definition) is 2. The van der Waals surface area contributed by atoms with Crippen LogP contribution in [-0.2, 0) is 6.42 Å². The lowest BCUT2D eigenvalue weighted by Crippen LogP contribution is -2.13. The van der Waals surface area contributed by atoms with E-state index in [2.05, 4.69) is 15.0 Å². The Hall–Kier alpha value is -1.77. The molecular weight excluding hydrogens is 339 g/mol. The van der Waals surface area contributed by atoms with Crippen LogP contribution in [-0.4, -0.2) is 31.9 Å². The molecule has 0 saturated carbocycles. The van der Waals surface area contributed by atoms with E-state index in [0.717, 1.165) is 11.4 Å². The van der Waals surface area contributed by atoms with Crippen molar-refractivity contribution in [2.45, 2.75) is 13.3 Å². The number of carbonyl (C=O) groups excluding carboxylic acids is 1. The number of primary amides is 1. The first-order valence-electron chi connectivity index (χ1n) is 5.51. The number of thiazole rings is 1. The second kappa shape index (κ2) is 7.87. The molecule has 0 aliphatic heterocycles. The number of aryl methyl sites for hydroxylation is 1. The lowest BCUT2D eigenvalue weighted by atomic mass is 10.4. The van der Waals surface area contributed by atoms with Gasteiger partial charge in [-0.1, -0.05) is 18.5 Å². The van der Waals surface area contributed by atoms with E-state index in [-0.39, 0.29) is 16.1 Å². The van der Waals surface area contributed by atoms with Gasteiger partial charge in [0, 0.05) is 6.07 Å². The van der Waals surface area contributed by atoms with Gasteiger partial charge in [-0.2, -0.15) is 0 Å². The van der Waals surface area contributed by atoms with Crippen molar-refractivity contribution in [1.29, 1.82) is 0 Å². The summed E-state index contributed by atoms with van der Waals surface area (Å²) in [5.41, 5.74) is 4.91. The highest BCUT2D eigenvalue weighted by Gasteiger charge is 2.06. The highest BCUT2D eigenvalue weighted by atomic mass is 35.5. The van der Waals surface area contributed by atoms with Crippen LogP contribution >= 0.6 is 34.5 Å². The van der Waals surface area contributed by atoms with Crippen LogP contribution in [0, 0.1) is 0 Å². The van der Waals surface area contributed by atoms with Gasteiger partial charge in [-0.05, 0) is 18.0 Å². The molecule has 21 heavy (non-hydrogen) atoms. The van der Waals surface area contributed by atoms with Crippen LogP contribution < -0.4 is 5.73 Å². The Labute approximate surface area is 133 Å². The zero-order valence-corrected chi connectivity index (χ0v) is 13.0. The van der Waals surface area contributed by atoms with Crippen molar-refractivity contribution in [3.05, 3.63) is 38.3 Å². The fourth-order valence-electron chi connectivity index (χ4n) is 1.09. The summed E-state index contributed by atoms with van der Waals surface area (Å²) >= 11 is 12.1. The number of aromatic carboxylic acids is 1. The van der Waals surface area contributed by atoms with Gasteiger partial charge in [-0.15, -0.1) is 11.3 Å². The van der Waals surface area contributed by atoms with Crippen LogP contribution in [0.3, 0.4) is 0 Å². The second-order valence-corrected chi connectivity index (χ2v) is 5.33. The molecule has 0 aliphatic rings. The summed E-state index contributed by atoms with van der Waals surface area (Å²) in [5, 5.41) is 9.34. The molecule has 112 valence electrons. The highest BCUT2D eigenvalue weighted by molar-refractivity contribution is 7.13. The molecule has 0 aliphatic carbocycles. The molecule has 0 unspecified atom stereocenters. The monoisotopic (exact) mass is 348 g/mol. The fraction of sp³-hybridized carbons (Fsp3) is 0.182. The largest absolute Gasteiger partial charge is 0.477 e. The lowest BCUT2D eigenvalue weighted by molar-refractivity contribution is 0.0701. The summed E-state index contributed by atoms with van der Waals surface area (Å²) in [5.74, 6) is -1.58.